The number of hydrogen-bond acceptors (Lipinski definition) is 5. The van der Waals surface area contributed by atoms with Crippen LogP contribution in [0.4, 0.5) is 5.69 Å². The first-order valence-electron chi connectivity index (χ1n) is 12.2. The maximum absolute atomic E-state index is 13.1. The zero-order valence-electron chi connectivity index (χ0n) is 20.7. The van der Waals surface area contributed by atoms with Gasteiger partial charge in [0.25, 0.3) is 5.91 Å². The molecule has 0 bridgehead atoms. The predicted octanol–water partition coefficient (Wildman–Crippen LogP) is 5.74. The first-order chi connectivity index (χ1) is 17.6. The highest BCUT2D eigenvalue weighted by atomic mass is 16.5. The third-order valence-electron chi connectivity index (χ3n) is 5.90. The van der Waals surface area contributed by atoms with Crippen LogP contribution in [0, 0.1) is 18.3 Å². The summed E-state index contributed by atoms with van der Waals surface area (Å²) < 4.78 is 17.5. The monoisotopic (exact) mass is 482 g/mol. The zero-order valence-corrected chi connectivity index (χ0v) is 20.7. The van der Waals surface area contributed by atoms with Crippen molar-refractivity contribution in [3.63, 3.8) is 0 Å². The van der Waals surface area contributed by atoms with Crippen LogP contribution in [0.15, 0.2) is 72.3 Å². The molecule has 0 spiro atoms. The van der Waals surface area contributed by atoms with Crippen LogP contribution in [-0.4, -0.2) is 32.3 Å². The second-order valence-electron chi connectivity index (χ2n) is 8.51. The lowest BCUT2D eigenvalue weighted by molar-refractivity contribution is -0.114. The van der Waals surface area contributed by atoms with Crippen molar-refractivity contribution in [3.8, 4) is 23.3 Å². The molecule has 1 aliphatic rings. The molecule has 0 aliphatic carbocycles. The van der Waals surface area contributed by atoms with Gasteiger partial charge in [0.2, 0.25) is 0 Å². The SMILES string of the molecule is CCOc1cc(C=C(C#N)C(=O)N2CCc3ccccc32)ccc1OCCCOc1ccc(C)cc1. The molecule has 0 aromatic heterocycles. The second kappa shape index (κ2) is 11.9. The number of nitriles is 1. The Kier molecular flexibility index (Phi) is 8.25. The topological polar surface area (TPSA) is 71.8 Å². The highest BCUT2D eigenvalue weighted by Crippen LogP contribution is 2.31. The number of carbonyl (C=O) groups is 1. The van der Waals surface area contributed by atoms with Crippen molar-refractivity contribution in [3.05, 3.63) is 89.0 Å². The van der Waals surface area contributed by atoms with Crippen LogP contribution in [-0.2, 0) is 11.2 Å². The number of aryl methyl sites for hydroxylation is 1. The smallest absolute Gasteiger partial charge is 0.268 e. The molecule has 0 saturated carbocycles. The van der Waals surface area contributed by atoms with Crippen molar-refractivity contribution in [1.82, 2.24) is 0 Å². The van der Waals surface area contributed by atoms with Crippen LogP contribution in [0.1, 0.15) is 30.0 Å². The molecule has 3 aromatic carbocycles. The van der Waals surface area contributed by atoms with E-state index in [1.807, 2.05) is 74.5 Å². The largest absolute Gasteiger partial charge is 0.493 e. The number of fused-ring (bicyclic) bond motifs is 1. The van der Waals surface area contributed by atoms with Crippen molar-refractivity contribution in [2.45, 2.75) is 26.7 Å². The van der Waals surface area contributed by atoms with Crippen LogP contribution in [0.2, 0.25) is 0 Å². The van der Waals surface area contributed by atoms with E-state index in [0.29, 0.717) is 49.8 Å². The molecule has 36 heavy (non-hydrogen) atoms. The molecule has 1 amide bonds. The second-order valence-corrected chi connectivity index (χ2v) is 8.51. The number of para-hydroxylation sites is 1. The van der Waals surface area contributed by atoms with Crippen molar-refractivity contribution in [2.75, 3.05) is 31.3 Å². The molecule has 0 atom stereocenters. The van der Waals surface area contributed by atoms with E-state index >= 15 is 0 Å². The molecule has 0 saturated heterocycles. The maximum atomic E-state index is 13.1. The fourth-order valence-corrected chi connectivity index (χ4v) is 4.07. The summed E-state index contributed by atoms with van der Waals surface area (Å²) in [7, 11) is 0. The van der Waals surface area contributed by atoms with Gasteiger partial charge in [0.15, 0.2) is 11.5 Å². The number of ether oxygens (including phenoxy) is 3. The summed E-state index contributed by atoms with van der Waals surface area (Å²) >= 11 is 0. The lowest BCUT2D eigenvalue weighted by Crippen LogP contribution is -2.29. The molecule has 1 heterocycles. The van der Waals surface area contributed by atoms with Gasteiger partial charge in [-0.05, 0) is 67.8 Å². The summed E-state index contributed by atoms with van der Waals surface area (Å²) in [5.41, 5.74) is 3.96. The van der Waals surface area contributed by atoms with Crippen LogP contribution < -0.4 is 19.1 Å². The van der Waals surface area contributed by atoms with Crippen molar-refractivity contribution in [2.24, 2.45) is 0 Å². The maximum Gasteiger partial charge on any atom is 0.268 e. The van der Waals surface area contributed by atoms with Crippen LogP contribution >= 0.6 is 0 Å². The standard InChI is InChI=1S/C30H30N2O4/c1-3-34-29-20-23(11-14-28(29)36-18-6-17-35-26-12-9-22(2)10-13-26)19-25(21-31)30(33)32-16-15-24-7-4-5-8-27(24)32/h4-5,7-14,19-20H,3,6,15-18H2,1-2H3. The lowest BCUT2D eigenvalue weighted by atomic mass is 10.1. The summed E-state index contributed by atoms with van der Waals surface area (Å²) in [6, 6.07) is 23.2. The molecule has 0 unspecified atom stereocenters. The number of amides is 1. The summed E-state index contributed by atoms with van der Waals surface area (Å²) in [6.07, 6.45) is 3.10. The van der Waals surface area contributed by atoms with E-state index in [0.717, 1.165) is 23.4 Å². The summed E-state index contributed by atoms with van der Waals surface area (Å²) in [4.78, 5) is 14.8. The van der Waals surface area contributed by atoms with Crippen LogP contribution in [0.5, 0.6) is 17.2 Å². The molecule has 184 valence electrons. The van der Waals surface area contributed by atoms with Gasteiger partial charge in [-0.3, -0.25) is 4.79 Å². The summed E-state index contributed by atoms with van der Waals surface area (Å²) in [5.74, 6) is 1.73. The Morgan fingerprint density at radius 2 is 1.78 bits per heavy atom. The van der Waals surface area contributed by atoms with Crippen LogP contribution in [0.25, 0.3) is 6.08 Å². The van der Waals surface area contributed by atoms with E-state index in [2.05, 4.69) is 6.07 Å². The third-order valence-corrected chi connectivity index (χ3v) is 5.90. The molecular formula is C30H30N2O4. The Morgan fingerprint density at radius 1 is 1.00 bits per heavy atom. The Labute approximate surface area is 212 Å². The van der Waals surface area contributed by atoms with Gasteiger partial charge in [-0.15, -0.1) is 0 Å². The Hall–Kier alpha value is -4.24. The van der Waals surface area contributed by atoms with Crippen molar-refractivity contribution < 1.29 is 19.0 Å². The molecule has 4 rings (SSSR count). The number of carbonyl (C=O) groups excluding carboxylic acids is 1. The highest BCUT2D eigenvalue weighted by molar-refractivity contribution is 6.12. The fourth-order valence-electron chi connectivity index (χ4n) is 4.07. The van der Waals surface area contributed by atoms with Gasteiger partial charge < -0.3 is 19.1 Å². The van der Waals surface area contributed by atoms with E-state index in [1.165, 1.54) is 5.56 Å². The first-order valence-corrected chi connectivity index (χ1v) is 12.2. The van der Waals surface area contributed by atoms with E-state index in [-0.39, 0.29) is 11.5 Å². The van der Waals surface area contributed by atoms with Gasteiger partial charge in [0.1, 0.15) is 17.4 Å². The molecule has 0 fully saturated rings. The lowest BCUT2D eigenvalue weighted by Gasteiger charge is -2.17. The minimum atomic E-state index is -0.297. The van der Waals surface area contributed by atoms with E-state index in [9.17, 15) is 10.1 Å². The minimum absolute atomic E-state index is 0.0797. The molecule has 0 radical (unpaired) electrons. The molecule has 6 nitrogen and oxygen atoms in total. The number of benzene rings is 3. The number of nitrogens with zero attached hydrogens (tertiary/aromatic N) is 2. The van der Waals surface area contributed by atoms with E-state index < -0.39 is 0 Å². The molecule has 3 aromatic rings. The molecular weight excluding hydrogens is 452 g/mol. The van der Waals surface area contributed by atoms with Gasteiger partial charge in [0, 0.05) is 18.7 Å². The quantitative estimate of drug-likeness (QED) is 0.209. The fraction of sp³-hybridized carbons (Fsp3) is 0.267. The summed E-state index contributed by atoms with van der Waals surface area (Å²) in [6.45, 7) is 5.99. The summed E-state index contributed by atoms with van der Waals surface area (Å²) in [5, 5.41) is 9.72. The Morgan fingerprint density at radius 3 is 2.56 bits per heavy atom. The minimum Gasteiger partial charge on any atom is -0.493 e. The zero-order chi connectivity index (χ0) is 25.3. The average molecular weight is 483 g/mol. The van der Waals surface area contributed by atoms with Gasteiger partial charge >= 0.3 is 0 Å². The molecule has 6 heteroatoms. The van der Waals surface area contributed by atoms with E-state index in [1.54, 1.807) is 17.0 Å². The Bertz CT molecular complexity index is 1270. The van der Waals surface area contributed by atoms with Gasteiger partial charge in [-0.1, -0.05) is 42.0 Å². The normalized spacial score (nSPS) is 12.6. The number of hydrogen-bond donors (Lipinski definition) is 0. The van der Waals surface area contributed by atoms with Crippen LogP contribution in [0.3, 0.4) is 0 Å². The average Bonchev–Trinajstić information content (AvgIpc) is 3.33. The van der Waals surface area contributed by atoms with Crippen molar-refractivity contribution >= 4 is 17.7 Å². The molecule has 0 N–H and O–H groups in total. The third kappa shape index (κ3) is 6.05. The van der Waals surface area contributed by atoms with Gasteiger partial charge in [-0.2, -0.15) is 5.26 Å². The van der Waals surface area contributed by atoms with Gasteiger partial charge in [-0.25, -0.2) is 0 Å². The number of anilines is 1. The first kappa shape index (κ1) is 24.9. The van der Waals surface area contributed by atoms with Crippen molar-refractivity contribution in [1.29, 1.82) is 5.26 Å². The predicted molar refractivity (Wildman–Crippen MR) is 140 cm³/mol. The Balaban J connectivity index is 1.40. The number of rotatable bonds is 10. The molecule has 1 aliphatic heterocycles. The highest BCUT2D eigenvalue weighted by Gasteiger charge is 2.26. The van der Waals surface area contributed by atoms with E-state index in [4.69, 9.17) is 14.2 Å². The van der Waals surface area contributed by atoms with Gasteiger partial charge in [0.05, 0.1) is 19.8 Å².